The van der Waals surface area contributed by atoms with Gasteiger partial charge in [-0.05, 0) is 36.4 Å². The largest absolute Gasteiger partial charge is 0.508 e. The Balaban J connectivity index is 2.23. The van der Waals surface area contributed by atoms with Crippen molar-refractivity contribution < 1.29 is 5.11 Å². The Morgan fingerprint density at radius 1 is 1.06 bits per heavy atom. The number of fused-ring (bicyclic) bond motifs is 1. The van der Waals surface area contributed by atoms with Gasteiger partial charge in [0.15, 0.2) is 11.5 Å². The summed E-state index contributed by atoms with van der Waals surface area (Å²) >= 11 is 0. The van der Waals surface area contributed by atoms with E-state index >= 15 is 0 Å². The van der Waals surface area contributed by atoms with Gasteiger partial charge in [0.05, 0.1) is 5.56 Å². The molecule has 5 heteroatoms. The Labute approximate surface area is 103 Å². The van der Waals surface area contributed by atoms with Crippen LogP contribution in [0.4, 0.5) is 0 Å². The molecule has 3 aromatic rings. The molecule has 0 spiro atoms. The average Bonchev–Trinajstić information content (AvgIpc) is 2.82. The number of hydrogen-bond donors (Lipinski definition) is 1. The van der Waals surface area contributed by atoms with Gasteiger partial charge in [-0.15, -0.1) is 10.2 Å². The third kappa shape index (κ3) is 1.57. The van der Waals surface area contributed by atoms with E-state index in [1.807, 2.05) is 0 Å². The molecule has 0 bridgehead atoms. The minimum absolute atomic E-state index is 0.199. The average molecular weight is 236 g/mol. The van der Waals surface area contributed by atoms with Crippen molar-refractivity contribution in [2.24, 2.45) is 0 Å². The molecular weight excluding hydrogens is 228 g/mol. The molecule has 2 heterocycles. The highest BCUT2D eigenvalue weighted by molar-refractivity contribution is 5.60. The normalized spacial score (nSPS) is 10.4. The maximum atomic E-state index is 9.26. The van der Waals surface area contributed by atoms with Crippen LogP contribution in [0.2, 0.25) is 0 Å². The first-order valence-corrected chi connectivity index (χ1v) is 5.32. The number of aromatic nitrogens is 3. The zero-order valence-electron chi connectivity index (χ0n) is 9.28. The van der Waals surface area contributed by atoms with Crippen molar-refractivity contribution in [3.8, 4) is 23.2 Å². The lowest BCUT2D eigenvalue weighted by atomic mass is 10.2. The van der Waals surface area contributed by atoms with Crippen LogP contribution in [0.15, 0.2) is 42.6 Å². The van der Waals surface area contributed by atoms with Gasteiger partial charge in [-0.2, -0.15) is 5.26 Å². The Hall–Kier alpha value is -2.87. The summed E-state index contributed by atoms with van der Waals surface area (Å²) in [6, 6.07) is 12.2. The predicted octanol–water partition coefficient (Wildman–Crippen LogP) is 1.97. The molecule has 0 aliphatic rings. The van der Waals surface area contributed by atoms with Gasteiger partial charge < -0.3 is 5.11 Å². The van der Waals surface area contributed by atoms with Gasteiger partial charge in [0, 0.05) is 11.8 Å². The van der Waals surface area contributed by atoms with Crippen molar-refractivity contribution >= 4 is 5.65 Å². The van der Waals surface area contributed by atoms with E-state index in [4.69, 9.17) is 5.26 Å². The van der Waals surface area contributed by atoms with Crippen LogP contribution in [0.3, 0.4) is 0 Å². The van der Waals surface area contributed by atoms with E-state index in [0.717, 1.165) is 5.56 Å². The molecule has 86 valence electrons. The molecule has 3 rings (SSSR count). The van der Waals surface area contributed by atoms with E-state index in [1.165, 1.54) is 0 Å². The molecule has 0 saturated heterocycles. The van der Waals surface area contributed by atoms with Gasteiger partial charge in [0.25, 0.3) is 0 Å². The molecule has 1 aromatic carbocycles. The van der Waals surface area contributed by atoms with E-state index in [0.29, 0.717) is 17.0 Å². The lowest BCUT2D eigenvalue weighted by molar-refractivity contribution is 0.475. The number of pyridine rings is 1. The summed E-state index contributed by atoms with van der Waals surface area (Å²) in [6.45, 7) is 0. The van der Waals surface area contributed by atoms with Crippen LogP contribution in [0.25, 0.3) is 17.0 Å². The topological polar surface area (TPSA) is 74.2 Å². The van der Waals surface area contributed by atoms with Crippen LogP contribution in [-0.2, 0) is 0 Å². The molecule has 5 nitrogen and oxygen atoms in total. The van der Waals surface area contributed by atoms with E-state index in [2.05, 4.69) is 16.3 Å². The lowest BCUT2D eigenvalue weighted by Crippen LogP contribution is -1.90. The number of hydrogen-bond acceptors (Lipinski definition) is 4. The Morgan fingerprint density at radius 2 is 1.83 bits per heavy atom. The maximum Gasteiger partial charge on any atom is 0.168 e. The highest BCUT2D eigenvalue weighted by atomic mass is 16.3. The number of aromatic hydroxyl groups is 1. The minimum atomic E-state index is 0.199. The van der Waals surface area contributed by atoms with Gasteiger partial charge in [-0.1, -0.05) is 0 Å². The fraction of sp³-hybridized carbons (Fsp3) is 0. The van der Waals surface area contributed by atoms with Gasteiger partial charge >= 0.3 is 0 Å². The van der Waals surface area contributed by atoms with E-state index < -0.39 is 0 Å². The zero-order valence-corrected chi connectivity index (χ0v) is 9.28. The fourth-order valence-corrected chi connectivity index (χ4v) is 1.76. The van der Waals surface area contributed by atoms with Crippen LogP contribution in [0.5, 0.6) is 5.75 Å². The number of phenolic OH excluding ortho intramolecular Hbond substituents is 1. The third-order valence-electron chi connectivity index (χ3n) is 2.66. The Bertz CT molecular complexity index is 753. The first kappa shape index (κ1) is 10.3. The van der Waals surface area contributed by atoms with Crippen molar-refractivity contribution in [1.29, 1.82) is 5.26 Å². The first-order chi connectivity index (χ1) is 8.78. The molecule has 0 fully saturated rings. The van der Waals surface area contributed by atoms with E-state index in [-0.39, 0.29) is 5.75 Å². The highest BCUT2D eigenvalue weighted by Gasteiger charge is 2.08. The van der Waals surface area contributed by atoms with Crippen LogP contribution >= 0.6 is 0 Å². The molecule has 0 radical (unpaired) electrons. The van der Waals surface area contributed by atoms with Crippen molar-refractivity contribution in [3.63, 3.8) is 0 Å². The highest BCUT2D eigenvalue weighted by Crippen LogP contribution is 2.21. The molecule has 0 atom stereocenters. The van der Waals surface area contributed by atoms with Crippen LogP contribution in [0, 0.1) is 11.3 Å². The summed E-state index contributed by atoms with van der Waals surface area (Å²) in [5.74, 6) is 0.840. The smallest absolute Gasteiger partial charge is 0.168 e. The summed E-state index contributed by atoms with van der Waals surface area (Å²) in [5, 5.41) is 26.3. The molecule has 0 amide bonds. The predicted molar refractivity (Wildman–Crippen MR) is 64.8 cm³/mol. The molecule has 0 aliphatic heterocycles. The lowest BCUT2D eigenvalue weighted by Gasteiger charge is -2.00. The molecular formula is C13H8N4O. The maximum absolute atomic E-state index is 9.26. The number of nitrogens with zero attached hydrogens (tertiary/aromatic N) is 4. The molecule has 0 aliphatic carbocycles. The number of phenols is 1. The Kier molecular flexibility index (Phi) is 2.21. The van der Waals surface area contributed by atoms with E-state index in [1.54, 1.807) is 47.0 Å². The van der Waals surface area contributed by atoms with Gasteiger partial charge in [0.2, 0.25) is 0 Å². The van der Waals surface area contributed by atoms with Crippen molar-refractivity contribution in [3.05, 3.63) is 48.2 Å². The minimum Gasteiger partial charge on any atom is -0.508 e. The van der Waals surface area contributed by atoms with Gasteiger partial charge in [0.1, 0.15) is 11.8 Å². The second kappa shape index (κ2) is 3.86. The second-order valence-corrected chi connectivity index (χ2v) is 3.83. The third-order valence-corrected chi connectivity index (χ3v) is 2.66. The standard InChI is InChI=1S/C13H8N4O/c14-7-9-1-6-12-15-16-13(17(12)8-9)10-2-4-11(18)5-3-10/h1-6,8,18H. The van der Waals surface area contributed by atoms with Gasteiger partial charge in [-0.25, -0.2) is 0 Å². The summed E-state index contributed by atoms with van der Waals surface area (Å²) in [6.07, 6.45) is 1.69. The zero-order chi connectivity index (χ0) is 12.5. The molecule has 1 N–H and O–H groups in total. The molecule has 0 unspecified atom stereocenters. The summed E-state index contributed by atoms with van der Waals surface area (Å²) in [5.41, 5.74) is 2.05. The fourth-order valence-electron chi connectivity index (χ4n) is 1.76. The van der Waals surface area contributed by atoms with Crippen LogP contribution in [0.1, 0.15) is 5.56 Å². The van der Waals surface area contributed by atoms with Crippen LogP contribution < -0.4 is 0 Å². The summed E-state index contributed by atoms with van der Waals surface area (Å²) in [7, 11) is 0. The molecule has 2 aromatic heterocycles. The quantitative estimate of drug-likeness (QED) is 0.701. The van der Waals surface area contributed by atoms with Crippen molar-refractivity contribution in [2.75, 3.05) is 0 Å². The number of benzene rings is 1. The number of nitriles is 1. The van der Waals surface area contributed by atoms with Crippen LogP contribution in [-0.4, -0.2) is 19.7 Å². The van der Waals surface area contributed by atoms with E-state index in [9.17, 15) is 5.11 Å². The molecule has 18 heavy (non-hydrogen) atoms. The van der Waals surface area contributed by atoms with Crippen molar-refractivity contribution in [1.82, 2.24) is 14.6 Å². The number of rotatable bonds is 1. The molecule has 0 saturated carbocycles. The summed E-state index contributed by atoms with van der Waals surface area (Å²) < 4.78 is 1.75. The first-order valence-electron chi connectivity index (χ1n) is 5.32. The second-order valence-electron chi connectivity index (χ2n) is 3.83. The van der Waals surface area contributed by atoms with Crippen molar-refractivity contribution in [2.45, 2.75) is 0 Å². The Morgan fingerprint density at radius 3 is 2.56 bits per heavy atom. The monoisotopic (exact) mass is 236 g/mol. The SMILES string of the molecule is N#Cc1ccc2nnc(-c3ccc(O)cc3)n2c1. The van der Waals surface area contributed by atoms with Gasteiger partial charge in [-0.3, -0.25) is 4.40 Å². The summed E-state index contributed by atoms with van der Waals surface area (Å²) in [4.78, 5) is 0.